The number of alkyl halides is 6. The Morgan fingerprint density at radius 2 is 1.97 bits per heavy atom. The SMILES string of the molecule is C[C@]([SiH3])(COCCC(=O)N1CCN2c3ncc(C(F)(F)F)cc3OC[Si@@H]2C1)Nc1cn[nH]c(=O)c1C(F)(F)F. The fourth-order valence-corrected chi connectivity index (χ4v) is 7.67. The molecule has 4 rings (SSSR count). The lowest BCUT2D eigenvalue weighted by Crippen LogP contribution is -2.62. The Morgan fingerprint density at radius 1 is 1.23 bits per heavy atom. The zero-order valence-electron chi connectivity index (χ0n) is 20.9. The number of amides is 1. The summed E-state index contributed by atoms with van der Waals surface area (Å²) in [5.74, 6) is 0.277. The molecule has 2 aliphatic heterocycles. The van der Waals surface area contributed by atoms with Gasteiger partial charge in [-0.15, -0.1) is 0 Å². The summed E-state index contributed by atoms with van der Waals surface area (Å²) >= 11 is 0. The number of hydrogen-bond acceptors (Lipinski definition) is 8. The molecule has 1 saturated heterocycles. The van der Waals surface area contributed by atoms with Crippen LogP contribution in [0.1, 0.15) is 24.5 Å². The quantitative estimate of drug-likeness (QED) is 0.272. The molecule has 2 N–H and O–H groups in total. The van der Waals surface area contributed by atoms with E-state index in [9.17, 15) is 35.9 Å². The second kappa shape index (κ2) is 10.8. The molecule has 4 heterocycles. The van der Waals surface area contributed by atoms with E-state index < -0.39 is 48.8 Å². The Bertz CT molecular complexity index is 1270. The molecular weight excluding hydrogens is 570 g/mol. The molecule has 0 saturated carbocycles. The fraction of sp³-hybridized carbons (Fsp3) is 0.524. The maximum atomic E-state index is 13.3. The number of hydrogen-bond donors (Lipinski definition) is 2. The molecule has 0 aromatic carbocycles. The Balaban J connectivity index is 1.27. The summed E-state index contributed by atoms with van der Waals surface area (Å²) < 4.78 is 92.0. The van der Waals surface area contributed by atoms with E-state index in [0.29, 0.717) is 35.3 Å². The Labute approximate surface area is 222 Å². The third kappa shape index (κ3) is 6.72. The molecule has 0 aliphatic carbocycles. The highest BCUT2D eigenvalue weighted by Crippen LogP contribution is 2.37. The summed E-state index contributed by atoms with van der Waals surface area (Å²) in [7, 11) is -1.52. The van der Waals surface area contributed by atoms with Gasteiger partial charge in [0.1, 0.15) is 5.56 Å². The van der Waals surface area contributed by atoms with E-state index in [1.807, 2.05) is 4.57 Å². The van der Waals surface area contributed by atoms with Crippen LogP contribution in [0.25, 0.3) is 0 Å². The molecule has 2 aliphatic rings. The van der Waals surface area contributed by atoms with Crippen molar-refractivity contribution < 1.29 is 40.6 Å². The van der Waals surface area contributed by atoms with Crippen molar-refractivity contribution >= 4 is 36.6 Å². The van der Waals surface area contributed by atoms with Crippen molar-refractivity contribution in [2.24, 2.45) is 0 Å². The summed E-state index contributed by atoms with van der Waals surface area (Å²) in [6.45, 7) is 2.45. The zero-order valence-corrected chi connectivity index (χ0v) is 24.1. The number of aromatic nitrogens is 3. The number of pyridine rings is 1. The minimum Gasteiger partial charge on any atom is -0.491 e. The van der Waals surface area contributed by atoms with E-state index in [0.717, 1.165) is 18.5 Å². The number of carbonyl (C=O) groups excluding carboxylic acids is 1. The molecule has 0 unspecified atom stereocenters. The number of fused-ring (bicyclic) bond motifs is 3. The predicted octanol–water partition coefficient (Wildman–Crippen LogP) is 0.646. The molecule has 0 spiro atoms. The normalized spacial score (nSPS) is 19.1. The smallest absolute Gasteiger partial charge is 0.423 e. The van der Waals surface area contributed by atoms with E-state index in [-0.39, 0.29) is 37.5 Å². The molecule has 2 atom stereocenters. The van der Waals surface area contributed by atoms with E-state index in [1.54, 1.807) is 16.9 Å². The largest absolute Gasteiger partial charge is 0.491 e. The Kier molecular flexibility index (Phi) is 7.99. The number of anilines is 2. The first-order chi connectivity index (χ1) is 18.2. The number of ether oxygens (including phenoxy) is 2. The third-order valence-electron chi connectivity index (χ3n) is 6.23. The highest BCUT2D eigenvalue weighted by molar-refractivity contribution is 6.64. The average Bonchev–Trinajstić information content (AvgIpc) is 2.84. The number of H-pyrrole nitrogens is 1. The van der Waals surface area contributed by atoms with Gasteiger partial charge in [0.15, 0.2) is 11.6 Å². The maximum absolute atomic E-state index is 13.3. The number of nitrogens with one attached hydrogen (secondary N) is 2. The van der Waals surface area contributed by atoms with Gasteiger partial charge in [0.2, 0.25) is 14.9 Å². The summed E-state index contributed by atoms with van der Waals surface area (Å²) in [5.41, 5.74) is -4.06. The monoisotopic (exact) mass is 596 g/mol. The van der Waals surface area contributed by atoms with E-state index >= 15 is 0 Å². The average molecular weight is 597 g/mol. The van der Waals surface area contributed by atoms with Crippen molar-refractivity contribution in [2.75, 3.05) is 48.6 Å². The molecule has 39 heavy (non-hydrogen) atoms. The topological polar surface area (TPSA) is 113 Å². The van der Waals surface area contributed by atoms with E-state index in [4.69, 9.17) is 9.47 Å². The first-order valence-electron chi connectivity index (χ1n) is 11.9. The van der Waals surface area contributed by atoms with Crippen LogP contribution in [0.3, 0.4) is 0 Å². The van der Waals surface area contributed by atoms with Crippen LogP contribution in [0, 0.1) is 0 Å². The number of carbonyl (C=O) groups is 1. The second-order valence-corrected chi connectivity index (χ2v) is 14.7. The van der Waals surface area contributed by atoms with Crippen LogP contribution in [0.5, 0.6) is 5.75 Å². The van der Waals surface area contributed by atoms with Gasteiger partial charge < -0.3 is 24.3 Å². The summed E-state index contributed by atoms with van der Waals surface area (Å²) in [6.07, 6.45) is -7.01. The van der Waals surface area contributed by atoms with Gasteiger partial charge in [-0.25, -0.2) is 10.1 Å². The molecule has 214 valence electrons. The van der Waals surface area contributed by atoms with Gasteiger partial charge in [0.25, 0.3) is 5.56 Å². The van der Waals surface area contributed by atoms with Crippen molar-refractivity contribution in [3.8, 4) is 5.75 Å². The van der Waals surface area contributed by atoms with Crippen LogP contribution in [-0.4, -0.2) is 89.1 Å². The zero-order chi connectivity index (χ0) is 28.6. The van der Waals surface area contributed by atoms with Crippen LogP contribution >= 0.6 is 0 Å². The van der Waals surface area contributed by atoms with Crippen LogP contribution in [0.4, 0.5) is 37.8 Å². The number of aromatic amines is 1. The van der Waals surface area contributed by atoms with Crippen molar-refractivity contribution in [1.29, 1.82) is 0 Å². The van der Waals surface area contributed by atoms with E-state index in [1.165, 1.54) is 0 Å². The molecule has 0 radical (unpaired) electrons. The lowest BCUT2D eigenvalue weighted by Gasteiger charge is -2.44. The fourth-order valence-electron chi connectivity index (χ4n) is 4.42. The minimum absolute atomic E-state index is 0.00203. The Hall–Kier alpha value is -3.13. The van der Waals surface area contributed by atoms with Crippen molar-refractivity contribution in [2.45, 2.75) is 30.9 Å². The minimum atomic E-state index is -4.87. The molecule has 1 amide bonds. The van der Waals surface area contributed by atoms with Gasteiger partial charge in [0.05, 0.1) is 43.3 Å². The highest BCUT2D eigenvalue weighted by Gasteiger charge is 2.40. The first kappa shape index (κ1) is 28.9. The van der Waals surface area contributed by atoms with Gasteiger partial charge in [0, 0.05) is 40.9 Å². The molecule has 1 fully saturated rings. The molecule has 10 nitrogen and oxygen atoms in total. The summed E-state index contributed by atoms with van der Waals surface area (Å²) in [6, 6.07) is 0.942. The molecule has 0 bridgehead atoms. The third-order valence-corrected chi connectivity index (χ3v) is 9.57. The lowest BCUT2D eigenvalue weighted by atomic mass is 10.2. The van der Waals surface area contributed by atoms with Crippen LogP contribution < -0.4 is 20.2 Å². The molecule has 18 heteroatoms. The summed E-state index contributed by atoms with van der Waals surface area (Å²) in [5, 5.41) is 7.02. The van der Waals surface area contributed by atoms with Crippen molar-refractivity contribution in [1.82, 2.24) is 20.1 Å². The van der Waals surface area contributed by atoms with Crippen molar-refractivity contribution in [3.05, 3.63) is 39.9 Å². The lowest BCUT2D eigenvalue weighted by molar-refractivity contribution is -0.138. The number of nitrogens with zero attached hydrogens (tertiary/aromatic N) is 4. The molecule has 2 aromatic heterocycles. The number of halogens is 6. The Morgan fingerprint density at radius 3 is 2.67 bits per heavy atom. The van der Waals surface area contributed by atoms with Gasteiger partial charge in [-0.3, -0.25) is 9.59 Å². The standard InChI is InChI=1S/C21H26F6N6O4Si2/c1-19(38,30-13-8-29-31-18(35)16(13)21(25,26)27)9-36-5-2-15(34)32-3-4-33-17-14(37-11-39(33)10-32)6-12(7-28-17)20(22,23)24/h6-8,39H,2-5,9-11H2,1,38H3,(H2,30,31,35)/t19-,39-/m0/s1. The van der Waals surface area contributed by atoms with Gasteiger partial charge >= 0.3 is 12.4 Å². The molecular formula is C21H26F6N6O4Si2. The van der Waals surface area contributed by atoms with Crippen LogP contribution in [-0.2, 0) is 21.9 Å². The second-order valence-electron chi connectivity index (χ2n) is 9.84. The predicted molar refractivity (Wildman–Crippen MR) is 133 cm³/mol. The van der Waals surface area contributed by atoms with Crippen molar-refractivity contribution in [3.63, 3.8) is 0 Å². The summed E-state index contributed by atoms with van der Waals surface area (Å²) in [4.78, 5) is 30.1. The van der Waals surface area contributed by atoms with Gasteiger partial charge in [-0.1, -0.05) is 0 Å². The first-order valence-corrected chi connectivity index (χ1v) is 15.1. The van der Waals surface area contributed by atoms with Crippen LogP contribution in [0.2, 0.25) is 0 Å². The highest BCUT2D eigenvalue weighted by atomic mass is 28.3. The van der Waals surface area contributed by atoms with E-state index in [2.05, 4.69) is 15.4 Å². The van der Waals surface area contributed by atoms with Gasteiger partial charge in [-0.05, 0) is 13.0 Å². The van der Waals surface area contributed by atoms with Gasteiger partial charge in [-0.2, -0.15) is 31.4 Å². The molecule has 2 aromatic rings. The maximum Gasteiger partial charge on any atom is 0.423 e. The number of rotatable bonds is 7. The van der Waals surface area contributed by atoms with Crippen LogP contribution in [0.15, 0.2) is 23.3 Å².